The highest BCUT2D eigenvalue weighted by Crippen LogP contribution is 2.16. The van der Waals surface area contributed by atoms with E-state index in [1.54, 1.807) is 6.07 Å². The van der Waals surface area contributed by atoms with Crippen LogP contribution in [0.2, 0.25) is 0 Å². The molecule has 1 fully saturated rings. The molecule has 3 aromatic rings. The summed E-state index contributed by atoms with van der Waals surface area (Å²) in [4.78, 5) is 17.4. The van der Waals surface area contributed by atoms with Crippen molar-refractivity contribution in [1.29, 1.82) is 0 Å². The van der Waals surface area contributed by atoms with Gasteiger partial charge in [-0.3, -0.25) is 9.69 Å². The Bertz CT molecular complexity index is 970. The number of hydrogen-bond acceptors (Lipinski definition) is 4. The third-order valence-corrected chi connectivity index (χ3v) is 5.77. The first-order chi connectivity index (χ1) is 15.8. The zero-order valence-corrected chi connectivity index (χ0v) is 18.5. The van der Waals surface area contributed by atoms with Crippen molar-refractivity contribution in [3.05, 3.63) is 96.1 Å². The number of rotatable bonds is 9. The SMILES string of the molecule is O=C(NCCCN1CCN(c2ccccc2)CC1)c1cccc(OCc2ccccc2)c1. The number of anilines is 1. The minimum atomic E-state index is -0.0518. The molecular formula is C27H31N3O2. The highest BCUT2D eigenvalue weighted by Gasteiger charge is 2.16. The number of para-hydroxylation sites is 1. The van der Waals surface area contributed by atoms with Crippen LogP contribution in [0.1, 0.15) is 22.3 Å². The molecule has 0 radical (unpaired) electrons. The number of amides is 1. The van der Waals surface area contributed by atoms with Crippen LogP contribution in [-0.2, 0) is 6.61 Å². The summed E-state index contributed by atoms with van der Waals surface area (Å²) in [5, 5.41) is 3.04. The first-order valence-electron chi connectivity index (χ1n) is 11.4. The fourth-order valence-corrected chi connectivity index (χ4v) is 3.94. The molecule has 1 N–H and O–H groups in total. The number of hydrogen-bond donors (Lipinski definition) is 1. The Morgan fingerprint density at radius 3 is 2.31 bits per heavy atom. The quantitative estimate of drug-likeness (QED) is 0.518. The molecule has 5 heteroatoms. The Labute approximate surface area is 190 Å². The Hall–Kier alpha value is -3.31. The van der Waals surface area contributed by atoms with Crippen molar-refractivity contribution >= 4 is 11.6 Å². The lowest BCUT2D eigenvalue weighted by Gasteiger charge is -2.36. The largest absolute Gasteiger partial charge is 0.489 e. The molecule has 0 spiro atoms. The van der Waals surface area contributed by atoms with E-state index in [-0.39, 0.29) is 5.91 Å². The standard InChI is InChI=1S/C27H31N3O2/c31-27(24-11-7-14-26(21-24)32-22-23-9-3-1-4-10-23)28-15-8-16-29-17-19-30(20-18-29)25-12-5-2-6-13-25/h1-7,9-14,21H,8,15-20,22H2,(H,28,31). The number of carbonyl (C=O) groups excluding carboxylic acids is 1. The third kappa shape index (κ3) is 6.34. The number of nitrogens with one attached hydrogen (secondary N) is 1. The smallest absolute Gasteiger partial charge is 0.251 e. The molecule has 0 saturated carbocycles. The molecule has 1 amide bonds. The van der Waals surface area contributed by atoms with Crippen molar-refractivity contribution in [2.45, 2.75) is 13.0 Å². The molecule has 5 nitrogen and oxygen atoms in total. The Morgan fingerprint density at radius 1 is 0.844 bits per heavy atom. The number of nitrogens with zero attached hydrogens (tertiary/aromatic N) is 2. The fraction of sp³-hybridized carbons (Fsp3) is 0.296. The fourth-order valence-electron chi connectivity index (χ4n) is 3.94. The van der Waals surface area contributed by atoms with Crippen molar-refractivity contribution in [2.75, 3.05) is 44.2 Å². The molecule has 4 rings (SSSR count). The van der Waals surface area contributed by atoms with E-state index in [1.807, 2.05) is 48.5 Å². The van der Waals surface area contributed by atoms with Gasteiger partial charge in [-0.2, -0.15) is 0 Å². The van der Waals surface area contributed by atoms with Crippen molar-refractivity contribution < 1.29 is 9.53 Å². The van der Waals surface area contributed by atoms with Gasteiger partial charge < -0.3 is 15.0 Å². The van der Waals surface area contributed by atoms with E-state index in [0.717, 1.165) is 44.7 Å². The molecule has 0 atom stereocenters. The summed E-state index contributed by atoms with van der Waals surface area (Å²) in [6.45, 7) is 6.38. The van der Waals surface area contributed by atoms with Gasteiger partial charge in [-0.25, -0.2) is 0 Å². The maximum absolute atomic E-state index is 12.5. The van der Waals surface area contributed by atoms with Gasteiger partial charge in [-0.1, -0.05) is 54.6 Å². The van der Waals surface area contributed by atoms with Gasteiger partial charge in [0.15, 0.2) is 0 Å². The van der Waals surface area contributed by atoms with Gasteiger partial charge in [0.05, 0.1) is 0 Å². The van der Waals surface area contributed by atoms with Crippen molar-refractivity contribution in [2.24, 2.45) is 0 Å². The van der Waals surface area contributed by atoms with E-state index in [2.05, 4.69) is 45.4 Å². The normalized spacial score (nSPS) is 14.2. The molecular weight excluding hydrogens is 398 g/mol. The molecule has 0 bridgehead atoms. The average Bonchev–Trinajstić information content (AvgIpc) is 2.87. The summed E-state index contributed by atoms with van der Waals surface area (Å²) in [6.07, 6.45) is 0.946. The van der Waals surface area contributed by atoms with Crippen LogP contribution in [0.5, 0.6) is 5.75 Å². The molecule has 1 saturated heterocycles. The molecule has 1 aliphatic rings. The first-order valence-corrected chi connectivity index (χ1v) is 11.4. The lowest BCUT2D eigenvalue weighted by Crippen LogP contribution is -2.47. The number of piperazine rings is 1. The molecule has 1 aliphatic heterocycles. The zero-order chi connectivity index (χ0) is 22.0. The van der Waals surface area contributed by atoms with Crippen LogP contribution < -0.4 is 15.0 Å². The monoisotopic (exact) mass is 429 g/mol. The van der Waals surface area contributed by atoms with Gasteiger partial charge in [0, 0.05) is 44.0 Å². The van der Waals surface area contributed by atoms with Gasteiger partial charge >= 0.3 is 0 Å². The van der Waals surface area contributed by atoms with Crippen LogP contribution >= 0.6 is 0 Å². The first kappa shape index (κ1) is 21.9. The zero-order valence-electron chi connectivity index (χ0n) is 18.5. The van der Waals surface area contributed by atoms with E-state index in [1.165, 1.54) is 5.69 Å². The molecule has 3 aromatic carbocycles. The number of ether oxygens (including phenoxy) is 1. The van der Waals surface area contributed by atoms with E-state index >= 15 is 0 Å². The van der Waals surface area contributed by atoms with Crippen LogP contribution in [0, 0.1) is 0 Å². The van der Waals surface area contributed by atoms with Crippen LogP contribution in [0.15, 0.2) is 84.9 Å². The topological polar surface area (TPSA) is 44.8 Å². The van der Waals surface area contributed by atoms with Crippen LogP contribution in [0.25, 0.3) is 0 Å². The second-order valence-electron chi connectivity index (χ2n) is 8.08. The van der Waals surface area contributed by atoms with Crippen molar-refractivity contribution in [1.82, 2.24) is 10.2 Å². The Kier molecular flexibility index (Phi) is 7.77. The lowest BCUT2D eigenvalue weighted by atomic mass is 10.2. The second-order valence-corrected chi connectivity index (χ2v) is 8.08. The summed E-state index contributed by atoms with van der Waals surface area (Å²) >= 11 is 0. The van der Waals surface area contributed by atoms with Crippen LogP contribution in [0.4, 0.5) is 5.69 Å². The van der Waals surface area contributed by atoms with Gasteiger partial charge in [0.25, 0.3) is 5.91 Å². The highest BCUT2D eigenvalue weighted by atomic mass is 16.5. The summed E-state index contributed by atoms with van der Waals surface area (Å²) in [5.41, 5.74) is 3.04. The predicted molar refractivity (Wildman–Crippen MR) is 129 cm³/mol. The van der Waals surface area contributed by atoms with E-state index < -0.39 is 0 Å². The molecule has 0 unspecified atom stereocenters. The average molecular weight is 430 g/mol. The van der Waals surface area contributed by atoms with E-state index in [0.29, 0.717) is 24.5 Å². The third-order valence-electron chi connectivity index (χ3n) is 5.77. The maximum atomic E-state index is 12.5. The highest BCUT2D eigenvalue weighted by molar-refractivity contribution is 5.94. The molecule has 1 heterocycles. The van der Waals surface area contributed by atoms with Gasteiger partial charge in [0.2, 0.25) is 0 Å². The molecule has 166 valence electrons. The lowest BCUT2D eigenvalue weighted by molar-refractivity contribution is 0.0951. The predicted octanol–water partition coefficient (Wildman–Crippen LogP) is 4.21. The molecule has 0 aromatic heterocycles. The number of benzene rings is 3. The summed E-state index contributed by atoms with van der Waals surface area (Å²) in [5.74, 6) is 0.654. The second kappa shape index (κ2) is 11.3. The van der Waals surface area contributed by atoms with Crippen molar-refractivity contribution in [3.63, 3.8) is 0 Å². The van der Waals surface area contributed by atoms with Gasteiger partial charge in [-0.15, -0.1) is 0 Å². The minimum absolute atomic E-state index is 0.0518. The van der Waals surface area contributed by atoms with E-state index in [4.69, 9.17) is 4.74 Å². The maximum Gasteiger partial charge on any atom is 0.251 e. The van der Waals surface area contributed by atoms with Crippen LogP contribution in [0.3, 0.4) is 0 Å². The van der Waals surface area contributed by atoms with Crippen LogP contribution in [-0.4, -0.2) is 50.1 Å². The molecule has 32 heavy (non-hydrogen) atoms. The minimum Gasteiger partial charge on any atom is -0.489 e. The van der Waals surface area contributed by atoms with Gasteiger partial charge in [-0.05, 0) is 48.9 Å². The van der Waals surface area contributed by atoms with Gasteiger partial charge in [0.1, 0.15) is 12.4 Å². The summed E-state index contributed by atoms with van der Waals surface area (Å²) < 4.78 is 5.84. The number of carbonyl (C=O) groups is 1. The molecule has 0 aliphatic carbocycles. The summed E-state index contributed by atoms with van der Waals surface area (Å²) in [6, 6.07) is 28.0. The summed E-state index contributed by atoms with van der Waals surface area (Å²) in [7, 11) is 0. The Morgan fingerprint density at radius 2 is 1.56 bits per heavy atom. The Balaban J connectivity index is 1.15. The van der Waals surface area contributed by atoms with Crippen molar-refractivity contribution in [3.8, 4) is 5.75 Å². The van der Waals surface area contributed by atoms with E-state index in [9.17, 15) is 4.79 Å².